The number of ether oxygens (including phenoxy) is 1. The second-order valence-corrected chi connectivity index (χ2v) is 4.68. The summed E-state index contributed by atoms with van der Waals surface area (Å²) in [6.07, 6.45) is 2.92. The molecule has 1 aromatic heterocycles. The van der Waals surface area contributed by atoms with Crippen molar-refractivity contribution in [2.45, 2.75) is 45.4 Å². The molecule has 1 rings (SSSR count). The predicted molar refractivity (Wildman–Crippen MR) is 58.6 cm³/mol. The van der Waals surface area contributed by atoms with Crippen molar-refractivity contribution in [2.24, 2.45) is 5.73 Å². The Morgan fingerprint density at radius 1 is 1.50 bits per heavy atom. The molecular weight excluding hydrogens is 208 g/mol. The van der Waals surface area contributed by atoms with Crippen LogP contribution in [-0.2, 0) is 9.53 Å². The Kier molecular flexibility index (Phi) is 3.64. The first-order valence-corrected chi connectivity index (χ1v) is 5.14. The molecule has 1 aromatic rings. The number of nitrogens with two attached hydrogens (primary N) is 1. The van der Waals surface area contributed by atoms with Gasteiger partial charge in [0.05, 0.1) is 6.04 Å². The Labute approximate surface area is 94.8 Å². The van der Waals surface area contributed by atoms with Crippen molar-refractivity contribution < 1.29 is 9.53 Å². The maximum atomic E-state index is 11.7. The molecule has 6 nitrogen and oxygen atoms in total. The van der Waals surface area contributed by atoms with Gasteiger partial charge in [0.1, 0.15) is 24.3 Å². The number of hydrogen-bond donors (Lipinski definition) is 1. The van der Waals surface area contributed by atoms with Crippen molar-refractivity contribution in [1.82, 2.24) is 14.8 Å². The summed E-state index contributed by atoms with van der Waals surface area (Å²) in [6, 6.07) is -1.03. The van der Waals surface area contributed by atoms with Crippen LogP contribution in [0.5, 0.6) is 0 Å². The molecule has 0 aliphatic rings. The van der Waals surface area contributed by atoms with E-state index in [1.54, 1.807) is 27.7 Å². The zero-order valence-corrected chi connectivity index (χ0v) is 10.0. The van der Waals surface area contributed by atoms with Crippen LogP contribution >= 0.6 is 0 Å². The third-order valence-corrected chi connectivity index (χ3v) is 2.05. The van der Waals surface area contributed by atoms with Crippen molar-refractivity contribution in [3.8, 4) is 0 Å². The second kappa shape index (κ2) is 4.61. The van der Waals surface area contributed by atoms with Crippen LogP contribution in [0.2, 0.25) is 0 Å². The summed E-state index contributed by atoms with van der Waals surface area (Å²) < 4.78 is 6.73. The third kappa shape index (κ3) is 3.30. The zero-order valence-electron chi connectivity index (χ0n) is 10.0. The Bertz CT molecular complexity index is 342. The van der Waals surface area contributed by atoms with Gasteiger partial charge in [0.25, 0.3) is 0 Å². The Hall–Kier alpha value is -1.43. The highest BCUT2D eigenvalue weighted by Gasteiger charge is 2.27. The fourth-order valence-electron chi connectivity index (χ4n) is 1.16. The smallest absolute Gasteiger partial charge is 0.325 e. The average molecular weight is 226 g/mol. The molecule has 0 saturated carbocycles. The van der Waals surface area contributed by atoms with Gasteiger partial charge < -0.3 is 10.5 Å². The lowest BCUT2D eigenvalue weighted by Crippen LogP contribution is -2.42. The summed E-state index contributed by atoms with van der Waals surface area (Å²) in [5, 5.41) is 3.93. The zero-order chi connectivity index (χ0) is 12.3. The van der Waals surface area contributed by atoms with Crippen LogP contribution in [0.3, 0.4) is 0 Å². The van der Waals surface area contributed by atoms with Crippen LogP contribution in [0.15, 0.2) is 12.7 Å². The summed E-state index contributed by atoms with van der Waals surface area (Å²) >= 11 is 0. The van der Waals surface area contributed by atoms with E-state index in [1.165, 1.54) is 17.3 Å². The molecule has 0 spiro atoms. The maximum absolute atomic E-state index is 11.7. The molecule has 0 aliphatic carbocycles. The van der Waals surface area contributed by atoms with E-state index in [9.17, 15) is 4.79 Å². The molecule has 0 bridgehead atoms. The molecule has 0 radical (unpaired) electrons. The van der Waals surface area contributed by atoms with Crippen molar-refractivity contribution in [1.29, 1.82) is 0 Å². The minimum absolute atomic E-state index is 0.280. The van der Waals surface area contributed by atoms with Gasteiger partial charge >= 0.3 is 5.97 Å². The third-order valence-electron chi connectivity index (χ3n) is 2.05. The van der Waals surface area contributed by atoms with Gasteiger partial charge in [-0.25, -0.2) is 9.67 Å². The maximum Gasteiger partial charge on any atom is 0.325 e. The topological polar surface area (TPSA) is 83.0 Å². The number of nitrogens with zero attached hydrogens (tertiary/aromatic N) is 3. The van der Waals surface area contributed by atoms with Gasteiger partial charge in [-0.3, -0.25) is 4.79 Å². The molecule has 6 heteroatoms. The number of hydrogen-bond acceptors (Lipinski definition) is 5. The Balaban J connectivity index is 2.64. The minimum Gasteiger partial charge on any atom is -0.459 e. The molecule has 0 amide bonds. The summed E-state index contributed by atoms with van der Waals surface area (Å²) in [5.41, 5.74) is 5.27. The molecule has 2 unspecified atom stereocenters. The average Bonchev–Trinajstić information content (AvgIpc) is 2.65. The molecule has 2 N–H and O–H groups in total. The molecule has 0 aliphatic heterocycles. The van der Waals surface area contributed by atoms with E-state index < -0.39 is 17.6 Å². The van der Waals surface area contributed by atoms with E-state index in [4.69, 9.17) is 10.5 Å². The van der Waals surface area contributed by atoms with Crippen LogP contribution in [0.1, 0.15) is 33.7 Å². The van der Waals surface area contributed by atoms with Crippen LogP contribution < -0.4 is 5.73 Å². The van der Waals surface area contributed by atoms with E-state index in [1.807, 2.05) is 0 Å². The molecule has 16 heavy (non-hydrogen) atoms. The lowest BCUT2D eigenvalue weighted by molar-refractivity contribution is -0.157. The largest absolute Gasteiger partial charge is 0.459 e. The minimum atomic E-state index is -0.749. The van der Waals surface area contributed by atoms with Crippen LogP contribution in [0.25, 0.3) is 0 Å². The van der Waals surface area contributed by atoms with Crippen LogP contribution in [-0.4, -0.2) is 32.4 Å². The normalized spacial score (nSPS) is 15.6. The van der Waals surface area contributed by atoms with Crippen LogP contribution in [0, 0.1) is 0 Å². The Morgan fingerprint density at radius 3 is 2.56 bits per heavy atom. The van der Waals surface area contributed by atoms with E-state index in [0.717, 1.165) is 0 Å². The lowest BCUT2D eigenvalue weighted by atomic mass is 10.1. The van der Waals surface area contributed by atoms with Gasteiger partial charge in [-0.1, -0.05) is 0 Å². The standard InChI is InChI=1S/C10H18N4O2/c1-7(14-6-12-5-13-14)8(11)9(15)16-10(2,3)4/h5-8H,11H2,1-4H3. The van der Waals surface area contributed by atoms with Crippen molar-refractivity contribution >= 4 is 5.97 Å². The first-order valence-electron chi connectivity index (χ1n) is 5.14. The molecule has 2 atom stereocenters. The number of esters is 1. The predicted octanol–water partition coefficient (Wildman–Crippen LogP) is 0.508. The number of carbonyl (C=O) groups is 1. The van der Waals surface area contributed by atoms with E-state index >= 15 is 0 Å². The summed E-state index contributed by atoms with van der Waals surface area (Å²) in [4.78, 5) is 15.5. The summed E-state index contributed by atoms with van der Waals surface area (Å²) in [5.74, 6) is -0.435. The summed E-state index contributed by atoms with van der Waals surface area (Å²) in [6.45, 7) is 7.20. The number of rotatable bonds is 3. The monoisotopic (exact) mass is 226 g/mol. The number of carbonyl (C=O) groups excluding carboxylic acids is 1. The quantitative estimate of drug-likeness (QED) is 0.759. The van der Waals surface area contributed by atoms with Crippen LogP contribution in [0.4, 0.5) is 0 Å². The van der Waals surface area contributed by atoms with Gasteiger partial charge in [0, 0.05) is 0 Å². The lowest BCUT2D eigenvalue weighted by Gasteiger charge is -2.24. The highest BCUT2D eigenvalue weighted by Crippen LogP contribution is 2.13. The fraction of sp³-hybridized carbons (Fsp3) is 0.700. The molecule has 0 saturated heterocycles. The SMILES string of the molecule is CC(C(N)C(=O)OC(C)(C)C)n1cncn1. The van der Waals surface area contributed by atoms with Gasteiger partial charge in [0.2, 0.25) is 0 Å². The summed E-state index contributed by atoms with van der Waals surface area (Å²) in [7, 11) is 0. The van der Waals surface area contributed by atoms with E-state index in [0.29, 0.717) is 0 Å². The molecule has 0 fully saturated rings. The molecule has 1 heterocycles. The molecular formula is C10H18N4O2. The fourth-order valence-corrected chi connectivity index (χ4v) is 1.16. The van der Waals surface area contributed by atoms with Gasteiger partial charge in [-0.05, 0) is 27.7 Å². The first-order chi connectivity index (χ1) is 7.31. The van der Waals surface area contributed by atoms with E-state index in [2.05, 4.69) is 10.1 Å². The second-order valence-electron chi connectivity index (χ2n) is 4.68. The highest BCUT2D eigenvalue weighted by molar-refractivity contribution is 5.76. The van der Waals surface area contributed by atoms with E-state index in [-0.39, 0.29) is 6.04 Å². The van der Waals surface area contributed by atoms with Gasteiger partial charge in [-0.15, -0.1) is 0 Å². The van der Waals surface area contributed by atoms with Crippen molar-refractivity contribution in [3.05, 3.63) is 12.7 Å². The first kappa shape index (κ1) is 12.6. The van der Waals surface area contributed by atoms with Crippen molar-refractivity contribution in [2.75, 3.05) is 0 Å². The Morgan fingerprint density at radius 2 is 2.12 bits per heavy atom. The molecule has 0 aromatic carbocycles. The van der Waals surface area contributed by atoms with Gasteiger partial charge in [-0.2, -0.15) is 5.10 Å². The van der Waals surface area contributed by atoms with Crippen molar-refractivity contribution in [3.63, 3.8) is 0 Å². The molecule has 90 valence electrons. The van der Waals surface area contributed by atoms with Gasteiger partial charge in [0.15, 0.2) is 0 Å². The highest BCUT2D eigenvalue weighted by atomic mass is 16.6. The number of aromatic nitrogens is 3.